The van der Waals surface area contributed by atoms with Gasteiger partial charge in [-0.3, -0.25) is 4.79 Å². The Balaban J connectivity index is 2.17. The molecule has 1 aromatic rings. The highest BCUT2D eigenvalue weighted by atomic mass is 19.1. The smallest absolute Gasteiger partial charge is 0.234 e. The molecule has 4 heteroatoms. The molecule has 1 amide bonds. The van der Waals surface area contributed by atoms with E-state index in [2.05, 4.69) is 17.6 Å². The maximum absolute atomic E-state index is 12.6. The van der Waals surface area contributed by atoms with E-state index in [1.165, 1.54) is 12.1 Å². The summed E-state index contributed by atoms with van der Waals surface area (Å²) < 4.78 is 12.6. The molecule has 0 bridgehead atoms. The standard InChI is InChI=1S/C13H19FN2O/c1-2-3-8-15-10-13(17)16-9-11-4-6-12(14)7-5-11/h4-7,15H,2-3,8-10H2,1H3,(H,16,17). The predicted molar refractivity (Wildman–Crippen MR) is 66.0 cm³/mol. The van der Waals surface area contributed by atoms with E-state index >= 15 is 0 Å². The van der Waals surface area contributed by atoms with E-state index in [1.54, 1.807) is 12.1 Å². The zero-order valence-corrected chi connectivity index (χ0v) is 10.1. The van der Waals surface area contributed by atoms with Gasteiger partial charge in [-0.2, -0.15) is 0 Å². The first-order chi connectivity index (χ1) is 8.22. The topological polar surface area (TPSA) is 41.1 Å². The maximum Gasteiger partial charge on any atom is 0.234 e. The third-order valence-corrected chi connectivity index (χ3v) is 2.40. The Hall–Kier alpha value is -1.42. The zero-order chi connectivity index (χ0) is 12.5. The van der Waals surface area contributed by atoms with Crippen LogP contribution in [0.4, 0.5) is 4.39 Å². The van der Waals surface area contributed by atoms with Crippen LogP contribution < -0.4 is 10.6 Å². The predicted octanol–water partition coefficient (Wildman–Crippen LogP) is 1.83. The van der Waals surface area contributed by atoms with Crippen LogP contribution in [-0.4, -0.2) is 19.0 Å². The summed E-state index contributed by atoms with van der Waals surface area (Å²) in [6.07, 6.45) is 2.19. The Morgan fingerprint density at radius 3 is 2.65 bits per heavy atom. The Kier molecular flexibility index (Phi) is 6.25. The molecule has 0 saturated heterocycles. The van der Waals surface area contributed by atoms with Crippen molar-refractivity contribution in [1.29, 1.82) is 0 Å². The molecule has 94 valence electrons. The van der Waals surface area contributed by atoms with Gasteiger partial charge in [0, 0.05) is 6.54 Å². The third kappa shape index (κ3) is 6.02. The molecule has 1 rings (SSSR count). The third-order valence-electron chi connectivity index (χ3n) is 2.40. The van der Waals surface area contributed by atoms with Crippen molar-refractivity contribution in [2.24, 2.45) is 0 Å². The van der Waals surface area contributed by atoms with Crippen LogP contribution in [0.2, 0.25) is 0 Å². The summed E-state index contributed by atoms with van der Waals surface area (Å²) in [6, 6.07) is 6.11. The molecule has 0 aromatic heterocycles. The molecule has 0 spiro atoms. The summed E-state index contributed by atoms with van der Waals surface area (Å²) in [5, 5.41) is 5.83. The number of hydrogen-bond donors (Lipinski definition) is 2. The van der Waals surface area contributed by atoms with Gasteiger partial charge in [0.25, 0.3) is 0 Å². The molecule has 0 aliphatic carbocycles. The SMILES string of the molecule is CCCCNCC(=O)NCc1ccc(F)cc1. The number of amides is 1. The van der Waals surface area contributed by atoms with Crippen molar-refractivity contribution in [2.45, 2.75) is 26.3 Å². The van der Waals surface area contributed by atoms with Crippen molar-refractivity contribution in [3.63, 3.8) is 0 Å². The van der Waals surface area contributed by atoms with Crippen molar-refractivity contribution >= 4 is 5.91 Å². The Morgan fingerprint density at radius 2 is 2.00 bits per heavy atom. The molecule has 0 aliphatic rings. The van der Waals surface area contributed by atoms with E-state index in [9.17, 15) is 9.18 Å². The van der Waals surface area contributed by atoms with Gasteiger partial charge in [0.1, 0.15) is 5.82 Å². The summed E-state index contributed by atoms with van der Waals surface area (Å²) in [6.45, 7) is 3.74. The van der Waals surface area contributed by atoms with Gasteiger partial charge in [0.15, 0.2) is 0 Å². The second kappa shape index (κ2) is 7.79. The maximum atomic E-state index is 12.6. The molecule has 2 N–H and O–H groups in total. The minimum absolute atomic E-state index is 0.0366. The fraction of sp³-hybridized carbons (Fsp3) is 0.462. The molecule has 0 heterocycles. The summed E-state index contributed by atoms with van der Waals surface area (Å²) in [5.74, 6) is -0.299. The first kappa shape index (κ1) is 13.6. The van der Waals surface area contributed by atoms with E-state index in [1.807, 2.05) is 0 Å². The number of benzene rings is 1. The molecule has 1 aromatic carbocycles. The summed E-state index contributed by atoms with van der Waals surface area (Å²) in [4.78, 5) is 11.4. The minimum atomic E-state index is -0.263. The van der Waals surface area contributed by atoms with Crippen LogP contribution in [0, 0.1) is 5.82 Å². The van der Waals surface area contributed by atoms with Gasteiger partial charge in [-0.1, -0.05) is 25.5 Å². The average Bonchev–Trinajstić information content (AvgIpc) is 2.34. The molecule has 0 unspecified atom stereocenters. The summed E-state index contributed by atoms with van der Waals surface area (Å²) in [5.41, 5.74) is 0.897. The van der Waals surface area contributed by atoms with Crippen molar-refractivity contribution in [1.82, 2.24) is 10.6 Å². The number of rotatable bonds is 7. The van der Waals surface area contributed by atoms with Crippen LogP contribution >= 0.6 is 0 Å². The highest BCUT2D eigenvalue weighted by Crippen LogP contribution is 2.01. The molecule has 0 atom stereocenters. The van der Waals surface area contributed by atoms with E-state index < -0.39 is 0 Å². The lowest BCUT2D eigenvalue weighted by molar-refractivity contribution is -0.120. The van der Waals surface area contributed by atoms with Gasteiger partial charge in [0.05, 0.1) is 6.54 Å². The number of nitrogens with one attached hydrogen (secondary N) is 2. The first-order valence-corrected chi connectivity index (χ1v) is 5.94. The number of halogens is 1. The molecule has 0 saturated carbocycles. The number of hydrogen-bond acceptors (Lipinski definition) is 2. The molecule has 0 aliphatic heterocycles. The normalized spacial score (nSPS) is 10.2. The van der Waals surface area contributed by atoms with E-state index in [0.29, 0.717) is 13.1 Å². The molecular weight excluding hydrogens is 219 g/mol. The van der Waals surface area contributed by atoms with E-state index in [-0.39, 0.29) is 11.7 Å². The fourth-order valence-corrected chi connectivity index (χ4v) is 1.37. The van der Waals surface area contributed by atoms with Gasteiger partial charge in [-0.25, -0.2) is 4.39 Å². The van der Waals surface area contributed by atoms with Gasteiger partial charge >= 0.3 is 0 Å². The molecule has 0 radical (unpaired) electrons. The second-order valence-electron chi connectivity index (χ2n) is 3.93. The Bertz CT molecular complexity index is 338. The second-order valence-corrected chi connectivity index (χ2v) is 3.93. The van der Waals surface area contributed by atoms with E-state index in [0.717, 1.165) is 24.9 Å². The quantitative estimate of drug-likeness (QED) is 0.712. The molecular formula is C13H19FN2O. The van der Waals surface area contributed by atoms with Crippen molar-refractivity contribution in [3.05, 3.63) is 35.6 Å². The lowest BCUT2D eigenvalue weighted by atomic mass is 10.2. The van der Waals surface area contributed by atoms with Crippen molar-refractivity contribution < 1.29 is 9.18 Å². The van der Waals surface area contributed by atoms with E-state index in [4.69, 9.17) is 0 Å². The van der Waals surface area contributed by atoms with Crippen molar-refractivity contribution in [2.75, 3.05) is 13.1 Å². The Labute approximate surface area is 101 Å². The number of unbranched alkanes of at least 4 members (excludes halogenated alkanes) is 1. The largest absolute Gasteiger partial charge is 0.351 e. The molecule has 17 heavy (non-hydrogen) atoms. The minimum Gasteiger partial charge on any atom is -0.351 e. The lowest BCUT2D eigenvalue weighted by Crippen LogP contribution is -2.33. The van der Waals surface area contributed by atoms with Gasteiger partial charge < -0.3 is 10.6 Å². The molecule has 3 nitrogen and oxygen atoms in total. The number of carbonyl (C=O) groups is 1. The van der Waals surface area contributed by atoms with Crippen LogP contribution in [0.25, 0.3) is 0 Å². The van der Waals surface area contributed by atoms with Gasteiger partial charge in [-0.05, 0) is 30.7 Å². The lowest BCUT2D eigenvalue weighted by Gasteiger charge is -2.06. The van der Waals surface area contributed by atoms with Gasteiger partial charge in [-0.15, -0.1) is 0 Å². The highest BCUT2D eigenvalue weighted by Gasteiger charge is 2.00. The van der Waals surface area contributed by atoms with Crippen LogP contribution in [0.5, 0.6) is 0 Å². The monoisotopic (exact) mass is 238 g/mol. The fourth-order valence-electron chi connectivity index (χ4n) is 1.37. The van der Waals surface area contributed by atoms with Crippen LogP contribution in [0.1, 0.15) is 25.3 Å². The van der Waals surface area contributed by atoms with Gasteiger partial charge in [0.2, 0.25) is 5.91 Å². The summed E-state index contributed by atoms with van der Waals surface area (Å²) in [7, 11) is 0. The average molecular weight is 238 g/mol. The van der Waals surface area contributed by atoms with Crippen molar-refractivity contribution in [3.8, 4) is 0 Å². The number of carbonyl (C=O) groups excluding carboxylic acids is 1. The first-order valence-electron chi connectivity index (χ1n) is 5.94. The van der Waals surface area contributed by atoms with Crippen LogP contribution in [0.3, 0.4) is 0 Å². The van der Waals surface area contributed by atoms with Crippen LogP contribution in [-0.2, 0) is 11.3 Å². The Morgan fingerprint density at radius 1 is 1.29 bits per heavy atom. The van der Waals surface area contributed by atoms with Crippen LogP contribution in [0.15, 0.2) is 24.3 Å². The molecule has 0 fully saturated rings. The zero-order valence-electron chi connectivity index (χ0n) is 10.1. The highest BCUT2D eigenvalue weighted by molar-refractivity contribution is 5.77. The summed E-state index contributed by atoms with van der Waals surface area (Å²) >= 11 is 0.